The number of H-pyrrole nitrogens is 2. The van der Waals surface area contributed by atoms with Crippen LogP contribution in [0.1, 0.15) is 5.76 Å². The molecule has 7 heteroatoms. The number of nitrogens with one attached hydrogen (secondary N) is 2. The second-order valence-electron chi connectivity index (χ2n) is 1.41. The van der Waals surface area contributed by atoms with Crippen LogP contribution in [0.25, 0.3) is 0 Å². The van der Waals surface area contributed by atoms with Crippen molar-refractivity contribution >= 4 is 0 Å². The number of rotatable bonds is 0. The first-order valence-corrected chi connectivity index (χ1v) is 2.21. The van der Waals surface area contributed by atoms with Gasteiger partial charge in [0.1, 0.15) is 0 Å². The third kappa shape index (κ3) is 1.36. The lowest BCUT2D eigenvalue weighted by Gasteiger charge is -2.01. The van der Waals surface area contributed by atoms with E-state index in [2.05, 4.69) is 9.15 Å². The topological polar surface area (TPSA) is 57.9 Å². The molecule has 0 bridgehead atoms. The van der Waals surface area contributed by atoms with Gasteiger partial charge in [-0.15, -0.1) is 0 Å². The third-order valence-corrected chi connectivity index (χ3v) is 0.722. The van der Waals surface area contributed by atoms with Gasteiger partial charge in [0.25, 0.3) is 5.76 Å². The van der Waals surface area contributed by atoms with E-state index >= 15 is 0 Å². The van der Waals surface area contributed by atoms with Crippen LogP contribution in [0.5, 0.6) is 0 Å². The average molecular weight is 156 g/mol. The largest absolute Gasteiger partial charge is 0.454 e. The summed E-state index contributed by atoms with van der Waals surface area (Å²) in [5.41, 5.74) is 0. The maximum atomic E-state index is 11.6. The second-order valence-corrected chi connectivity index (χ2v) is 1.41. The van der Waals surface area contributed by atoms with Gasteiger partial charge in [-0.1, -0.05) is 5.33 Å². The van der Waals surface area contributed by atoms with Crippen molar-refractivity contribution in [2.75, 3.05) is 0 Å². The van der Waals surface area contributed by atoms with Gasteiger partial charge in [-0.3, -0.25) is 4.63 Å². The third-order valence-electron chi connectivity index (χ3n) is 0.722. The molecular weight excluding hydrogens is 153 g/mol. The number of aromatic nitrogens is 2. The molecule has 0 atom stereocenters. The van der Waals surface area contributed by atoms with E-state index in [0.717, 1.165) is 0 Å². The van der Waals surface area contributed by atoms with Crippen molar-refractivity contribution in [3.63, 3.8) is 0 Å². The molecule has 0 saturated carbocycles. The summed E-state index contributed by atoms with van der Waals surface area (Å²) in [5, 5.41) is 3.37. The van der Waals surface area contributed by atoms with Crippen molar-refractivity contribution in [2.24, 2.45) is 0 Å². The highest BCUT2D eigenvalue weighted by Crippen LogP contribution is 2.27. The fourth-order valence-corrected chi connectivity index (χ4v) is 0.342. The lowest BCUT2D eigenvalue weighted by Crippen LogP contribution is -2.05. The Labute approximate surface area is 52.2 Å². The van der Waals surface area contributed by atoms with Crippen molar-refractivity contribution in [3.05, 3.63) is 12.0 Å². The van der Waals surface area contributed by atoms with E-state index in [1.54, 1.807) is 5.33 Å². The molecule has 1 heterocycles. The van der Waals surface area contributed by atoms with Gasteiger partial charge in [0.15, 0.2) is 0 Å². The molecule has 2 N–H and O–H groups in total. The Bertz CT molecular complexity index is 211. The molecule has 10 heavy (non-hydrogen) atoms. The second kappa shape index (κ2) is 2.16. The summed E-state index contributed by atoms with van der Waals surface area (Å²) in [4.78, 5) is 0. The molecule has 0 aromatic carbocycles. The van der Waals surface area contributed by atoms with Crippen molar-refractivity contribution in [2.45, 2.75) is 6.18 Å². The average Bonchev–Trinajstić information content (AvgIpc) is 1.88. The molecule has 1 aromatic heterocycles. The van der Waals surface area contributed by atoms with Crippen LogP contribution in [0, 0.1) is 0 Å². The van der Waals surface area contributed by atoms with Gasteiger partial charge >= 0.3 is 6.18 Å². The van der Waals surface area contributed by atoms with Gasteiger partial charge < -0.3 is 4.52 Å². The number of hydrogen-bond donors (Lipinski definition) is 2. The van der Waals surface area contributed by atoms with E-state index in [0.29, 0.717) is 6.20 Å². The fraction of sp³-hybridized carbons (Fsp3) is 0.333. The normalized spacial score (nSPS) is 11.5. The van der Waals surface area contributed by atoms with Crippen molar-refractivity contribution in [3.8, 4) is 0 Å². The number of halogens is 3. The molecule has 58 valence electrons. The highest BCUT2D eigenvalue weighted by molar-refractivity contribution is 4.89. The van der Waals surface area contributed by atoms with Crippen LogP contribution >= 0.6 is 0 Å². The minimum Gasteiger partial charge on any atom is -0.343 e. The molecular formula is C3H3F3N2O2. The molecule has 1 aromatic rings. The zero-order valence-corrected chi connectivity index (χ0v) is 4.53. The Kier molecular flexibility index (Phi) is 1.48. The Hall–Kier alpha value is -1.27. The zero-order chi connectivity index (χ0) is 7.61. The maximum absolute atomic E-state index is 11.6. The lowest BCUT2D eigenvalue weighted by atomic mass is 10.5. The van der Waals surface area contributed by atoms with Crippen LogP contribution in [-0.4, -0.2) is 10.5 Å². The molecule has 0 fully saturated rings. The molecule has 0 aliphatic rings. The Morgan fingerprint density at radius 1 is 1.40 bits per heavy atom. The number of aromatic amines is 2. The monoisotopic (exact) mass is 156 g/mol. The quantitative estimate of drug-likeness (QED) is 0.600. The van der Waals surface area contributed by atoms with E-state index in [9.17, 15) is 13.2 Å². The fourth-order valence-electron chi connectivity index (χ4n) is 0.342. The summed E-state index contributed by atoms with van der Waals surface area (Å²) >= 11 is 0. The summed E-state index contributed by atoms with van der Waals surface area (Å²) in [5.74, 6) is -1.18. The smallest absolute Gasteiger partial charge is 0.343 e. The highest BCUT2D eigenvalue weighted by atomic mass is 19.4. The molecule has 1 rings (SSSR count). The zero-order valence-electron chi connectivity index (χ0n) is 4.53. The molecule has 0 aliphatic carbocycles. The predicted molar refractivity (Wildman–Crippen MR) is 22.3 cm³/mol. The van der Waals surface area contributed by atoms with Crippen LogP contribution in [0.3, 0.4) is 0 Å². The van der Waals surface area contributed by atoms with E-state index in [4.69, 9.17) is 0 Å². The summed E-state index contributed by atoms with van der Waals surface area (Å²) in [6.45, 7) is 0. The van der Waals surface area contributed by atoms with Crippen molar-refractivity contribution in [1.82, 2.24) is 10.5 Å². The van der Waals surface area contributed by atoms with Gasteiger partial charge in [-0.05, 0) is 0 Å². The van der Waals surface area contributed by atoms with Gasteiger partial charge in [-0.2, -0.15) is 13.2 Å². The van der Waals surface area contributed by atoms with E-state index in [1.807, 2.05) is 5.16 Å². The Morgan fingerprint density at radius 2 is 2.10 bits per heavy atom. The van der Waals surface area contributed by atoms with E-state index in [-0.39, 0.29) is 0 Å². The Morgan fingerprint density at radius 3 is 2.40 bits per heavy atom. The summed E-state index contributed by atoms with van der Waals surface area (Å²) in [6.07, 6.45) is -3.94. The molecule has 4 nitrogen and oxygen atoms in total. The van der Waals surface area contributed by atoms with Crippen LogP contribution in [0.2, 0.25) is 0 Å². The van der Waals surface area contributed by atoms with Crippen LogP contribution < -0.4 is 0 Å². The first-order valence-electron chi connectivity index (χ1n) is 2.21. The summed E-state index contributed by atoms with van der Waals surface area (Å²) < 4.78 is 42.7. The highest BCUT2D eigenvalue weighted by Gasteiger charge is 2.34. The van der Waals surface area contributed by atoms with Gasteiger partial charge in [0.05, 0.1) is 6.20 Å². The SMILES string of the molecule is FC(F)(F)c1c[nH]o[nH]o1. The van der Waals surface area contributed by atoms with Gasteiger partial charge in [-0.25, -0.2) is 5.16 Å². The molecule has 0 amide bonds. The van der Waals surface area contributed by atoms with Gasteiger partial charge in [0.2, 0.25) is 0 Å². The first kappa shape index (κ1) is 6.84. The van der Waals surface area contributed by atoms with Gasteiger partial charge in [0, 0.05) is 0 Å². The minimum atomic E-state index is -4.50. The molecule has 0 aliphatic heterocycles. The lowest BCUT2D eigenvalue weighted by molar-refractivity contribution is -0.163. The van der Waals surface area contributed by atoms with Crippen LogP contribution in [-0.2, 0) is 6.18 Å². The summed E-state index contributed by atoms with van der Waals surface area (Å²) in [6, 6.07) is 0. The number of alkyl halides is 3. The molecule has 0 unspecified atom stereocenters. The van der Waals surface area contributed by atoms with Crippen LogP contribution in [0.4, 0.5) is 13.2 Å². The molecule has 0 radical (unpaired) electrons. The molecule has 0 saturated heterocycles. The standard InChI is InChI=1S/C3H3F3N2O2/c4-3(5,6)2-1-7-10-8-9-2/h1,7-8H. The van der Waals surface area contributed by atoms with E-state index < -0.39 is 11.9 Å². The van der Waals surface area contributed by atoms with Crippen molar-refractivity contribution in [1.29, 1.82) is 0 Å². The Balaban J connectivity index is 2.97. The minimum absolute atomic E-state index is 0.552. The predicted octanol–water partition coefficient (Wildman–Crippen LogP) is 1.67. The first-order chi connectivity index (χ1) is 4.61. The van der Waals surface area contributed by atoms with Crippen LogP contribution in [0.15, 0.2) is 15.3 Å². The molecule has 0 spiro atoms. The van der Waals surface area contributed by atoms with E-state index in [1.165, 1.54) is 0 Å². The number of hydrogen-bond acceptors (Lipinski definition) is 2. The maximum Gasteiger partial charge on any atom is 0.454 e. The van der Waals surface area contributed by atoms with Crippen molar-refractivity contribution < 1.29 is 22.3 Å². The summed E-state index contributed by atoms with van der Waals surface area (Å²) in [7, 11) is 0.